The normalized spacial score (nSPS) is 23.2. The molecule has 4 heteroatoms. The molecule has 0 spiro atoms. The highest BCUT2D eigenvalue weighted by atomic mass is 16.2. The average molecular weight is 241 g/mol. The lowest BCUT2D eigenvalue weighted by Gasteiger charge is -2.39. The number of likely N-dealkylation sites (N-methyl/N-ethyl adjacent to an activating group) is 1. The van der Waals surface area contributed by atoms with Gasteiger partial charge in [0, 0.05) is 19.1 Å². The molecular formula is C13H27N3O. The van der Waals surface area contributed by atoms with Gasteiger partial charge in [-0.05, 0) is 39.3 Å². The molecule has 17 heavy (non-hydrogen) atoms. The first-order valence-electron chi connectivity index (χ1n) is 6.64. The van der Waals surface area contributed by atoms with Crippen molar-refractivity contribution in [3.8, 4) is 0 Å². The number of hydrogen-bond acceptors (Lipinski definition) is 3. The number of hydrogen-bond donors (Lipinski definition) is 1. The third kappa shape index (κ3) is 3.96. The number of amides is 1. The molecule has 0 aromatic rings. The van der Waals surface area contributed by atoms with Crippen LogP contribution in [0.25, 0.3) is 0 Å². The fourth-order valence-corrected chi connectivity index (χ4v) is 2.38. The minimum atomic E-state index is -0.349. The number of carbonyl (C=O) groups is 1. The first-order chi connectivity index (χ1) is 7.93. The third-order valence-corrected chi connectivity index (χ3v) is 3.49. The van der Waals surface area contributed by atoms with E-state index < -0.39 is 0 Å². The van der Waals surface area contributed by atoms with Crippen LogP contribution in [0.2, 0.25) is 0 Å². The lowest BCUT2D eigenvalue weighted by Crippen LogP contribution is -2.54. The molecule has 1 fully saturated rings. The summed E-state index contributed by atoms with van der Waals surface area (Å²) < 4.78 is 0. The van der Waals surface area contributed by atoms with E-state index in [9.17, 15) is 4.79 Å². The van der Waals surface area contributed by atoms with Crippen molar-refractivity contribution in [3.63, 3.8) is 0 Å². The number of likely N-dealkylation sites (tertiary alicyclic amines) is 1. The van der Waals surface area contributed by atoms with E-state index in [1.54, 1.807) is 0 Å². The van der Waals surface area contributed by atoms with Crippen LogP contribution < -0.4 is 5.73 Å². The van der Waals surface area contributed by atoms with Crippen molar-refractivity contribution in [2.45, 2.75) is 45.2 Å². The Kier molecular flexibility index (Phi) is 5.40. The zero-order chi connectivity index (χ0) is 13.0. The summed E-state index contributed by atoms with van der Waals surface area (Å²) >= 11 is 0. The Hall–Kier alpha value is -0.610. The minimum absolute atomic E-state index is 0.131. The summed E-state index contributed by atoms with van der Waals surface area (Å²) in [5.74, 6) is 0.344. The van der Waals surface area contributed by atoms with Gasteiger partial charge in [0.1, 0.15) is 0 Å². The molecule has 0 aliphatic carbocycles. The monoisotopic (exact) mass is 241 g/mol. The maximum atomic E-state index is 12.3. The SMILES string of the molecule is CC(C)[C@H](N)C(=O)N1CCCCC1CN(C)C. The molecule has 0 aromatic heterocycles. The van der Waals surface area contributed by atoms with E-state index in [2.05, 4.69) is 19.0 Å². The van der Waals surface area contributed by atoms with Gasteiger partial charge in [0.2, 0.25) is 5.91 Å². The van der Waals surface area contributed by atoms with E-state index in [0.717, 1.165) is 25.9 Å². The fraction of sp³-hybridized carbons (Fsp3) is 0.923. The molecule has 1 heterocycles. The van der Waals surface area contributed by atoms with Crippen molar-refractivity contribution in [2.75, 3.05) is 27.2 Å². The number of rotatable bonds is 4. The van der Waals surface area contributed by atoms with Gasteiger partial charge in [-0.3, -0.25) is 4.79 Å². The maximum absolute atomic E-state index is 12.3. The van der Waals surface area contributed by atoms with E-state index in [0.29, 0.717) is 6.04 Å². The van der Waals surface area contributed by atoms with Crippen LogP contribution in [0.3, 0.4) is 0 Å². The lowest BCUT2D eigenvalue weighted by atomic mass is 9.97. The second kappa shape index (κ2) is 6.36. The van der Waals surface area contributed by atoms with Gasteiger partial charge >= 0.3 is 0 Å². The van der Waals surface area contributed by atoms with Crippen molar-refractivity contribution in [1.82, 2.24) is 9.80 Å². The van der Waals surface area contributed by atoms with E-state index in [-0.39, 0.29) is 17.9 Å². The summed E-state index contributed by atoms with van der Waals surface area (Å²) in [6.07, 6.45) is 3.44. The van der Waals surface area contributed by atoms with Crippen LogP contribution in [-0.2, 0) is 4.79 Å². The summed E-state index contributed by atoms with van der Waals surface area (Å²) in [5.41, 5.74) is 5.98. The van der Waals surface area contributed by atoms with Crippen LogP contribution in [-0.4, -0.2) is 55.0 Å². The van der Waals surface area contributed by atoms with Gasteiger partial charge in [0.15, 0.2) is 0 Å². The predicted octanol–water partition coefficient (Wildman–Crippen LogP) is 0.912. The molecule has 1 unspecified atom stereocenters. The van der Waals surface area contributed by atoms with Crippen LogP contribution >= 0.6 is 0 Å². The largest absolute Gasteiger partial charge is 0.337 e. The van der Waals surface area contributed by atoms with Gasteiger partial charge in [0.05, 0.1) is 6.04 Å². The van der Waals surface area contributed by atoms with Crippen LogP contribution in [0.1, 0.15) is 33.1 Å². The van der Waals surface area contributed by atoms with E-state index in [1.807, 2.05) is 18.7 Å². The quantitative estimate of drug-likeness (QED) is 0.796. The van der Waals surface area contributed by atoms with Crippen molar-refractivity contribution in [1.29, 1.82) is 0 Å². The Morgan fingerprint density at radius 3 is 2.59 bits per heavy atom. The van der Waals surface area contributed by atoms with Gasteiger partial charge in [-0.15, -0.1) is 0 Å². The zero-order valence-corrected chi connectivity index (χ0v) is 11.6. The van der Waals surface area contributed by atoms with Gasteiger partial charge < -0.3 is 15.5 Å². The molecule has 2 atom stereocenters. The molecule has 0 radical (unpaired) electrons. The summed E-state index contributed by atoms with van der Waals surface area (Å²) in [4.78, 5) is 16.5. The lowest BCUT2D eigenvalue weighted by molar-refractivity contribution is -0.137. The summed E-state index contributed by atoms with van der Waals surface area (Å²) in [5, 5.41) is 0. The molecule has 4 nitrogen and oxygen atoms in total. The zero-order valence-electron chi connectivity index (χ0n) is 11.6. The second-order valence-corrected chi connectivity index (χ2v) is 5.71. The summed E-state index contributed by atoms with van der Waals surface area (Å²) in [6, 6.07) is -0.00573. The van der Waals surface area contributed by atoms with Gasteiger partial charge in [0.25, 0.3) is 0 Å². The second-order valence-electron chi connectivity index (χ2n) is 5.71. The van der Waals surface area contributed by atoms with E-state index in [1.165, 1.54) is 6.42 Å². The average Bonchev–Trinajstić information content (AvgIpc) is 2.27. The van der Waals surface area contributed by atoms with Gasteiger partial charge in [-0.25, -0.2) is 0 Å². The first kappa shape index (κ1) is 14.5. The Balaban J connectivity index is 2.67. The molecular weight excluding hydrogens is 214 g/mol. The van der Waals surface area contributed by atoms with Crippen LogP contribution in [0.4, 0.5) is 0 Å². The molecule has 0 saturated carbocycles. The molecule has 100 valence electrons. The molecule has 0 aromatic carbocycles. The number of carbonyl (C=O) groups excluding carboxylic acids is 1. The van der Waals surface area contributed by atoms with Crippen LogP contribution in [0, 0.1) is 5.92 Å². The molecule has 1 rings (SSSR count). The summed E-state index contributed by atoms with van der Waals surface area (Å²) in [6.45, 7) is 5.83. The molecule has 1 amide bonds. The highest BCUT2D eigenvalue weighted by Crippen LogP contribution is 2.19. The predicted molar refractivity (Wildman–Crippen MR) is 70.7 cm³/mol. The molecule has 1 saturated heterocycles. The molecule has 1 aliphatic rings. The van der Waals surface area contributed by atoms with Gasteiger partial charge in [-0.1, -0.05) is 13.8 Å². The Morgan fingerprint density at radius 1 is 1.41 bits per heavy atom. The maximum Gasteiger partial charge on any atom is 0.240 e. The first-order valence-corrected chi connectivity index (χ1v) is 6.64. The Morgan fingerprint density at radius 2 is 2.06 bits per heavy atom. The van der Waals surface area contributed by atoms with Crippen molar-refractivity contribution >= 4 is 5.91 Å². The number of nitrogens with zero attached hydrogens (tertiary/aromatic N) is 2. The minimum Gasteiger partial charge on any atom is -0.337 e. The van der Waals surface area contributed by atoms with Crippen LogP contribution in [0.5, 0.6) is 0 Å². The van der Waals surface area contributed by atoms with Crippen molar-refractivity contribution in [3.05, 3.63) is 0 Å². The number of nitrogens with two attached hydrogens (primary N) is 1. The topological polar surface area (TPSA) is 49.6 Å². The highest BCUT2D eigenvalue weighted by molar-refractivity contribution is 5.82. The van der Waals surface area contributed by atoms with E-state index in [4.69, 9.17) is 5.73 Å². The molecule has 0 bridgehead atoms. The number of piperidine rings is 1. The summed E-state index contributed by atoms with van der Waals surface area (Å²) in [7, 11) is 4.11. The van der Waals surface area contributed by atoms with Crippen molar-refractivity contribution < 1.29 is 4.79 Å². The standard InChI is InChI=1S/C13H27N3O/c1-10(2)12(14)13(17)16-8-6-5-7-11(16)9-15(3)4/h10-12H,5-9,14H2,1-4H3/t11?,12-/m0/s1. The third-order valence-electron chi connectivity index (χ3n) is 3.49. The van der Waals surface area contributed by atoms with Gasteiger partial charge in [-0.2, -0.15) is 0 Å². The van der Waals surface area contributed by atoms with Crippen molar-refractivity contribution in [2.24, 2.45) is 11.7 Å². The smallest absolute Gasteiger partial charge is 0.240 e. The van der Waals surface area contributed by atoms with E-state index >= 15 is 0 Å². The molecule has 1 aliphatic heterocycles. The highest BCUT2D eigenvalue weighted by Gasteiger charge is 2.31. The fourth-order valence-electron chi connectivity index (χ4n) is 2.38. The Labute approximate surface area is 105 Å². The molecule has 2 N–H and O–H groups in total. The Bertz CT molecular complexity index is 253. The van der Waals surface area contributed by atoms with Crippen LogP contribution in [0.15, 0.2) is 0 Å².